The van der Waals surface area contributed by atoms with Crippen LogP contribution < -0.4 is 9.47 Å². The van der Waals surface area contributed by atoms with Gasteiger partial charge in [-0.1, -0.05) is 25.3 Å². The van der Waals surface area contributed by atoms with Gasteiger partial charge in [0.25, 0.3) is 0 Å². The highest BCUT2D eigenvalue weighted by molar-refractivity contribution is 7.54. The third-order valence-electron chi connectivity index (χ3n) is 11.0. The van der Waals surface area contributed by atoms with Crippen LogP contribution in [0.5, 0.6) is 11.6 Å². The molecule has 1 aromatic carbocycles. The number of aryl methyl sites for hydroxylation is 1. The summed E-state index contributed by atoms with van der Waals surface area (Å²) < 4.78 is 30.5. The van der Waals surface area contributed by atoms with Gasteiger partial charge >= 0.3 is 13.6 Å². The predicted octanol–water partition coefficient (Wildman–Crippen LogP) is 5.53. The third-order valence-corrected chi connectivity index (χ3v) is 12.9. The number of aromatic nitrogens is 1. The van der Waals surface area contributed by atoms with Gasteiger partial charge < -0.3 is 28.9 Å². The van der Waals surface area contributed by atoms with Gasteiger partial charge in [-0.05, 0) is 85.9 Å². The Hall–Kier alpha value is -3.27. The summed E-state index contributed by atoms with van der Waals surface area (Å²) in [6, 6.07) is 4.89. The van der Waals surface area contributed by atoms with Crippen molar-refractivity contribution in [1.29, 1.82) is 0 Å². The zero-order chi connectivity index (χ0) is 34.1. The van der Waals surface area contributed by atoms with Gasteiger partial charge in [0.2, 0.25) is 11.8 Å². The van der Waals surface area contributed by atoms with E-state index in [9.17, 15) is 28.7 Å². The van der Waals surface area contributed by atoms with E-state index in [-0.39, 0.29) is 50.7 Å². The first kappa shape index (κ1) is 34.6. The molecule has 260 valence electrons. The Kier molecular flexibility index (Phi) is 10.3. The second kappa shape index (κ2) is 14.3. The minimum atomic E-state index is -4.65. The minimum Gasteiger partial charge on any atom is -0.496 e. The molecule has 1 aromatic heterocycles. The molecule has 2 N–H and O–H groups in total. The molecule has 12 heteroatoms. The number of cyclic esters (lactones) is 1. The van der Waals surface area contributed by atoms with E-state index in [0.29, 0.717) is 12.3 Å². The quantitative estimate of drug-likeness (QED) is 0.217. The molecule has 2 unspecified atom stereocenters. The Bertz CT molecular complexity index is 1600. The number of esters is 1. The SMILES string of the molecule is C=CC1CC1(CC(=O)[C@@H]1C[C@@H]2CN1C(=O)[C@H](C1CCCCC1)CC(=O)OCCCCCc1cc3c(nccc3cc1OC)O2)P(=O)(O)O. The fraction of sp³-hybridized carbons (Fsp3) is 0.611. The van der Waals surface area contributed by atoms with Crippen LogP contribution in [0, 0.1) is 17.8 Å². The van der Waals surface area contributed by atoms with Crippen molar-refractivity contribution in [2.45, 2.75) is 101 Å². The highest BCUT2D eigenvalue weighted by Gasteiger charge is 2.65. The summed E-state index contributed by atoms with van der Waals surface area (Å²) in [5.41, 5.74) is 0.997. The highest BCUT2D eigenvalue weighted by atomic mass is 31.2. The van der Waals surface area contributed by atoms with Crippen LogP contribution in [0.1, 0.15) is 82.6 Å². The summed E-state index contributed by atoms with van der Waals surface area (Å²) >= 11 is 0. The normalized spacial score (nSPS) is 29.1. The average molecular weight is 683 g/mol. The number of hydrogen-bond acceptors (Lipinski definition) is 8. The van der Waals surface area contributed by atoms with E-state index in [1.54, 1.807) is 13.3 Å². The lowest BCUT2D eigenvalue weighted by Crippen LogP contribution is -2.47. The van der Waals surface area contributed by atoms with Gasteiger partial charge in [0.15, 0.2) is 5.78 Å². The molecule has 2 aliphatic carbocycles. The standard InChI is InChI=1S/C36H47N2O9P/c1-3-26-20-36(26,48(42,43)44)21-31(39)30-18-27-22-38(30)35(41)29(23-10-6-4-7-11-23)19-33(40)46-15-9-5-8-12-25-16-28-24(17-32(25)45-2)13-14-37-34(28)47-27/h3,13-14,16-17,23,26-27,29-30H,1,4-12,15,18-22H2,2H3,(H2,42,43,44)/t26?,27-,29+,30+,36?/m1/s1. The van der Waals surface area contributed by atoms with Crippen LogP contribution in [0.25, 0.3) is 10.8 Å². The van der Waals surface area contributed by atoms with Gasteiger partial charge in [0.05, 0.1) is 43.8 Å². The van der Waals surface area contributed by atoms with Crippen LogP contribution in [0.3, 0.4) is 0 Å². The number of Topliss-reactive ketones (excluding diaryl/α,β-unsaturated/α-hetero) is 1. The smallest absolute Gasteiger partial charge is 0.332 e. The molecule has 11 nitrogen and oxygen atoms in total. The monoisotopic (exact) mass is 682 g/mol. The van der Waals surface area contributed by atoms with Crippen molar-refractivity contribution >= 4 is 36.0 Å². The van der Waals surface area contributed by atoms with Crippen LogP contribution >= 0.6 is 7.60 Å². The van der Waals surface area contributed by atoms with Crippen molar-refractivity contribution in [3.05, 3.63) is 42.6 Å². The average Bonchev–Trinajstić information content (AvgIpc) is 3.65. The van der Waals surface area contributed by atoms with E-state index < -0.39 is 48.5 Å². The van der Waals surface area contributed by atoms with Crippen molar-refractivity contribution in [2.75, 3.05) is 20.3 Å². The molecule has 1 amide bonds. The van der Waals surface area contributed by atoms with Crippen molar-refractivity contribution in [2.24, 2.45) is 17.8 Å². The fourth-order valence-corrected chi connectivity index (χ4v) is 9.53. The van der Waals surface area contributed by atoms with Crippen molar-refractivity contribution in [3.8, 4) is 11.6 Å². The van der Waals surface area contributed by atoms with Crippen LogP contribution in [-0.2, 0) is 30.1 Å². The van der Waals surface area contributed by atoms with E-state index in [4.69, 9.17) is 14.2 Å². The topological polar surface area (TPSA) is 153 Å². The van der Waals surface area contributed by atoms with Crippen molar-refractivity contribution in [3.63, 3.8) is 0 Å². The summed E-state index contributed by atoms with van der Waals surface area (Å²) in [6.45, 7) is 4.07. The first-order valence-corrected chi connectivity index (χ1v) is 18.9. The lowest BCUT2D eigenvalue weighted by molar-refractivity contribution is -0.152. The molecule has 2 aromatic rings. The molecule has 48 heavy (non-hydrogen) atoms. The number of nitrogens with zero attached hydrogens (tertiary/aromatic N) is 2. The number of fused-ring (bicyclic) bond motifs is 3. The molecular weight excluding hydrogens is 635 g/mol. The third kappa shape index (κ3) is 7.05. The van der Waals surface area contributed by atoms with Crippen molar-refractivity contribution in [1.82, 2.24) is 9.88 Å². The molecule has 0 radical (unpaired) electrons. The maximum absolute atomic E-state index is 14.6. The lowest BCUT2D eigenvalue weighted by atomic mass is 9.77. The van der Waals surface area contributed by atoms with Gasteiger partial charge in [-0.25, -0.2) is 4.98 Å². The molecule has 2 saturated carbocycles. The molecule has 5 atom stereocenters. The van der Waals surface area contributed by atoms with Crippen LogP contribution in [0.2, 0.25) is 0 Å². The van der Waals surface area contributed by atoms with Gasteiger partial charge in [0.1, 0.15) is 11.9 Å². The number of carbonyl (C=O) groups is 3. The van der Waals surface area contributed by atoms with Gasteiger partial charge in [-0.2, -0.15) is 0 Å². The largest absolute Gasteiger partial charge is 0.496 e. The maximum atomic E-state index is 14.6. The Morgan fingerprint density at radius 2 is 1.94 bits per heavy atom. The van der Waals surface area contributed by atoms with Crippen molar-refractivity contribution < 1.29 is 42.9 Å². The van der Waals surface area contributed by atoms with Crippen LogP contribution in [0.4, 0.5) is 0 Å². The van der Waals surface area contributed by atoms with Gasteiger partial charge in [-0.15, -0.1) is 6.58 Å². The van der Waals surface area contributed by atoms with Crippen LogP contribution in [0.15, 0.2) is 37.1 Å². The number of benzene rings is 1. The zero-order valence-electron chi connectivity index (χ0n) is 27.7. The summed E-state index contributed by atoms with van der Waals surface area (Å²) in [6.07, 6.45) is 10.2. The molecule has 4 bridgehead atoms. The highest BCUT2D eigenvalue weighted by Crippen LogP contribution is 2.71. The molecular formula is C36H47N2O9P. The van der Waals surface area contributed by atoms with Gasteiger partial charge in [0, 0.05) is 24.4 Å². The molecule has 2 aliphatic heterocycles. The summed E-state index contributed by atoms with van der Waals surface area (Å²) in [5.74, 6) is -1.17. The van der Waals surface area contributed by atoms with E-state index in [0.717, 1.165) is 73.5 Å². The Morgan fingerprint density at radius 3 is 2.65 bits per heavy atom. The zero-order valence-corrected chi connectivity index (χ0v) is 28.6. The van der Waals surface area contributed by atoms with E-state index in [1.807, 2.05) is 18.2 Å². The Morgan fingerprint density at radius 1 is 1.17 bits per heavy atom. The number of pyridine rings is 1. The second-order valence-electron chi connectivity index (χ2n) is 14.1. The van der Waals surface area contributed by atoms with E-state index in [2.05, 4.69) is 11.6 Å². The summed E-state index contributed by atoms with van der Waals surface area (Å²) in [7, 11) is -3.02. The number of ketones is 1. The molecule has 3 heterocycles. The number of methoxy groups -OCH3 is 1. The molecule has 3 fully saturated rings. The molecule has 6 rings (SSSR count). The Labute approximate surface area is 281 Å². The maximum Gasteiger partial charge on any atom is 0.332 e. The molecule has 0 spiro atoms. The minimum absolute atomic E-state index is 0.0247. The van der Waals surface area contributed by atoms with Crippen LogP contribution in [-0.4, -0.2) is 74.9 Å². The van der Waals surface area contributed by atoms with E-state index in [1.165, 1.54) is 11.0 Å². The number of hydrogen-bond donors (Lipinski definition) is 2. The Balaban J connectivity index is 1.36. The molecule has 1 saturated heterocycles. The van der Waals surface area contributed by atoms with Gasteiger partial charge in [-0.3, -0.25) is 18.9 Å². The summed E-state index contributed by atoms with van der Waals surface area (Å²) in [4.78, 5) is 68.5. The first-order valence-electron chi connectivity index (χ1n) is 17.3. The number of allylic oxidation sites excluding steroid dienone is 1. The number of ether oxygens (including phenoxy) is 3. The molecule has 4 aliphatic rings. The second-order valence-corrected chi connectivity index (χ2v) is 16.0. The van der Waals surface area contributed by atoms with E-state index >= 15 is 0 Å². The first-order chi connectivity index (χ1) is 23.0. The number of carbonyl (C=O) groups excluding carboxylic acids is 3. The summed E-state index contributed by atoms with van der Waals surface area (Å²) in [5, 5.41) is 0.166. The fourth-order valence-electron chi connectivity index (χ4n) is 8.20. The number of rotatable bonds is 7. The lowest BCUT2D eigenvalue weighted by Gasteiger charge is -2.34. The predicted molar refractivity (Wildman–Crippen MR) is 179 cm³/mol. The number of amides is 1.